The van der Waals surface area contributed by atoms with E-state index in [9.17, 15) is 9.59 Å². The second-order valence-corrected chi connectivity index (χ2v) is 6.14. The zero-order chi connectivity index (χ0) is 15.7. The number of anilines is 2. The maximum atomic E-state index is 12.3. The van der Waals surface area contributed by atoms with Crippen molar-refractivity contribution in [1.82, 2.24) is 0 Å². The van der Waals surface area contributed by atoms with Gasteiger partial charge in [0.25, 0.3) is 0 Å². The number of para-hydroxylation sites is 2. The van der Waals surface area contributed by atoms with Crippen molar-refractivity contribution in [1.29, 1.82) is 0 Å². The van der Waals surface area contributed by atoms with Crippen molar-refractivity contribution in [2.75, 3.05) is 10.2 Å². The van der Waals surface area contributed by atoms with E-state index in [0.717, 1.165) is 15.7 Å². The minimum absolute atomic E-state index is 0.0890. The van der Waals surface area contributed by atoms with Crippen LogP contribution in [0, 0.1) is 0 Å². The lowest BCUT2D eigenvalue weighted by Crippen LogP contribution is -2.33. The van der Waals surface area contributed by atoms with Gasteiger partial charge in [0.1, 0.15) is 0 Å². The number of carbonyl (C=O) groups is 2. The number of rotatable bonds is 1. The van der Waals surface area contributed by atoms with Crippen molar-refractivity contribution in [2.45, 2.75) is 19.4 Å². The van der Waals surface area contributed by atoms with Crippen LogP contribution in [0.3, 0.4) is 0 Å². The number of benzene rings is 2. The summed E-state index contributed by atoms with van der Waals surface area (Å²) < 4.78 is 0.923. The number of amides is 2. The van der Waals surface area contributed by atoms with Crippen LogP contribution in [0.5, 0.6) is 0 Å². The third kappa shape index (κ3) is 2.76. The molecule has 112 valence electrons. The topological polar surface area (TPSA) is 49.4 Å². The molecule has 1 aliphatic heterocycles. The number of nitrogens with one attached hydrogen (secondary N) is 1. The average Bonchev–Trinajstić information content (AvgIpc) is 2.62. The Hall–Kier alpha value is -2.14. The molecule has 1 N–H and O–H groups in total. The Labute approximate surface area is 137 Å². The Kier molecular flexibility index (Phi) is 3.98. The predicted molar refractivity (Wildman–Crippen MR) is 89.7 cm³/mol. The second-order valence-electron chi connectivity index (χ2n) is 5.23. The summed E-state index contributed by atoms with van der Waals surface area (Å²) in [6.45, 7) is 1.53. The predicted octanol–water partition coefficient (Wildman–Crippen LogP) is 3.89. The highest BCUT2D eigenvalue weighted by atomic mass is 79.9. The van der Waals surface area contributed by atoms with Gasteiger partial charge in [-0.15, -0.1) is 0 Å². The monoisotopic (exact) mass is 358 g/mol. The molecule has 1 heterocycles. The van der Waals surface area contributed by atoms with Gasteiger partial charge in [-0.1, -0.05) is 40.2 Å². The van der Waals surface area contributed by atoms with E-state index in [2.05, 4.69) is 21.2 Å². The van der Waals surface area contributed by atoms with Crippen LogP contribution in [-0.4, -0.2) is 11.8 Å². The summed E-state index contributed by atoms with van der Waals surface area (Å²) in [7, 11) is 0. The molecule has 5 heteroatoms. The number of nitrogens with zero attached hydrogens (tertiary/aromatic N) is 1. The van der Waals surface area contributed by atoms with E-state index in [-0.39, 0.29) is 24.3 Å². The fourth-order valence-corrected chi connectivity index (χ4v) is 3.21. The van der Waals surface area contributed by atoms with Crippen molar-refractivity contribution in [3.05, 3.63) is 58.6 Å². The van der Waals surface area contributed by atoms with Gasteiger partial charge in [0.05, 0.1) is 23.8 Å². The van der Waals surface area contributed by atoms with E-state index in [4.69, 9.17) is 0 Å². The molecule has 0 fully saturated rings. The summed E-state index contributed by atoms with van der Waals surface area (Å²) in [6, 6.07) is 14.8. The summed E-state index contributed by atoms with van der Waals surface area (Å²) in [5.74, 6) is -0.185. The van der Waals surface area contributed by atoms with Crippen LogP contribution in [-0.2, 0) is 9.59 Å². The zero-order valence-electron chi connectivity index (χ0n) is 12.0. The molecule has 22 heavy (non-hydrogen) atoms. The maximum Gasteiger partial charge on any atom is 0.226 e. The minimum Gasteiger partial charge on any atom is -0.324 e. The van der Waals surface area contributed by atoms with Crippen molar-refractivity contribution >= 4 is 39.1 Å². The van der Waals surface area contributed by atoms with Crippen LogP contribution in [0.1, 0.15) is 24.9 Å². The zero-order valence-corrected chi connectivity index (χ0v) is 13.6. The number of carbonyl (C=O) groups excluding carboxylic acids is 2. The molecule has 2 aromatic rings. The molecule has 0 bridgehead atoms. The fraction of sp³-hybridized carbons (Fsp3) is 0.176. The van der Waals surface area contributed by atoms with Crippen molar-refractivity contribution < 1.29 is 9.59 Å². The highest BCUT2D eigenvalue weighted by Gasteiger charge is 2.31. The molecule has 2 aromatic carbocycles. The Morgan fingerprint density at radius 3 is 2.73 bits per heavy atom. The molecule has 2 amide bonds. The van der Waals surface area contributed by atoms with Crippen LogP contribution in [0.25, 0.3) is 0 Å². The fourth-order valence-electron chi connectivity index (χ4n) is 2.80. The number of fused-ring (bicyclic) bond motifs is 1. The van der Waals surface area contributed by atoms with Gasteiger partial charge in [-0.25, -0.2) is 0 Å². The van der Waals surface area contributed by atoms with Gasteiger partial charge >= 0.3 is 0 Å². The first kappa shape index (κ1) is 14.8. The van der Waals surface area contributed by atoms with Gasteiger partial charge in [-0.2, -0.15) is 0 Å². The molecule has 0 radical (unpaired) electrons. The summed E-state index contributed by atoms with van der Waals surface area (Å²) in [6.07, 6.45) is 0.227. The molecule has 1 atom stereocenters. The number of hydrogen-bond donors (Lipinski definition) is 1. The van der Waals surface area contributed by atoms with E-state index in [0.29, 0.717) is 5.69 Å². The summed E-state index contributed by atoms with van der Waals surface area (Å²) >= 11 is 3.45. The average molecular weight is 359 g/mol. The first-order valence-electron chi connectivity index (χ1n) is 7.00. The molecule has 0 spiro atoms. The van der Waals surface area contributed by atoms with Crippen LogP contribution in [0.15, 0.2) is 53.0 Å². The Bertz CT molecular complexity index is 745. The van der Waals surface area contributed by atoms with Gasteiger partial charge in [0.2, 0.25) is 11.8 Å². The summed E-state index contributed by atoms with van der Waals surface area (Å²) in [5, 5.41) is 2.88. The Balaban J connectivity index is 2.16. The molecular weight excluding hydrogens is 344 g/mol. The van der Waals surface area contributed by atoms with Crippen molar-refractivity contribution in [3.8, 4) is 0 Å². The molecule has 0 aromatic heterocycles. The largest absolute Gasteiger partial charge is 0.324 e. The SMILES string of the molecule is CC(=O)N1c2ccccc2NC(=O)C[C@H]1c1cccc(Br)c1. The molecule has 4 nitrogen and oxygen atoms in total. The van der Waals surface area contributed by atoms with Gasteiger partial charge < -0.3 is 10.2 Å². The lowest BCUT2D eigenvalue weighted by Gasteiger charge is -2.29. The quantitative estimate of drug-likeness (QED) is 0.840. The van der Waals surface area contributed by atoms with E-state index < -0.39 is 0 Å². The second kappa shape index (κ2) is 5.93. The number of hydrogen-bond acceptors (Lipinski definition) is 2. The molecular formula is C17H15BrN2O2. The highest BCUT2D eigenvalue weighted by Crippen LogP contribution is 2.38. The van der Waals surface area contributed by atoms with Gasteiger partial charge in [0, 0.05) is 11.4 Å². The van der Waals surface area contributed by atoms with E-state index >= 15 is 0 Å². The molecule has 0 saturated heterocycles. The lowest BCUT2D eigenvalue weighted by atomic mass is 10.0. The molecule has 0 aliphatic carbocycles. The normalized spacial score (nSPS) is 17.5. The first-order valence-corrected chi connectivity index (χ1v) is 7.79. The maximum absolute atomic E-state index is 12.3. The Morgan fingerprint density at radius 2 is 2.00 bits per heavy atom. The molecule has 0 unspecified atom stereocenters. The smallest absolute Gasteiger partial charge is 0.226 e. The molecule has 0 saturated carbocycles. The third-order valence-corrected chi connectivity index (χ3v) is 4.19. The Morgan fingerprint density at radius 1 is 1.23 bits per heavy atom. The van der Waals surface area contributed by atoms with Crippen molar-refractivity contribution in [3.63, 3.8) is 0 Å². The minimum atomic E-state index is -0.321. The number of halogens is 1. The van der Waals surface area contributed by atoms with Crippen LogP contribution < -0.4 is 10.2 Å². The van der Waals surface area contributed by atoms with E-state index in [1.807, 2.05) is 48.5 Å². The van der Waals surface area contributed by atoms with Crippen LogP contribution in [0.4, 0.5) is 11.4 Å². The lowest BCUT2D eigenvalue weighted by molar-refractivity contribution is -0.118. The standard InChI is InChI=1S/C17H15BrN2O2/c1-11(21)20-15-8-3-2-7-14(15)19-17(22)10-16(20)12-5-4-6-13(18)9-12/h2-9,16H,10H2,1H3,(H,19,22)/t16-/m0/s1. The van der Waals surface area contributed by atoms with E-state index in [1.54, 1.807) is 4.90 Å². The van der Waals surface area contributed by atoms with Crippen LogP contribution in [0.2, 0.25) is 0 Å². The van der Waals surface area contributed by atoms with Gasteiger partial charge in [0.15, 0.2) is 0 Å². The van der Waals surface area contributed by atoms with E-state index in [1.165, 1.54) is 6.92 Å². The summed E-state index contributed by atoms with van der Waals surface area (Å²) in [4.78, 5) is 26.2. The van der Waals surface area contributed by atoms with Crippen molar-refractivity contribution in [2.24, 2.45) is 0 Å². The molecule has 1 aliphatic rings. The third-order valence-electron chi connectivity index (χ3n) is 3.70. The van der Waals surface area contributed by atoms with Crippen LogP contribution >= 0.6 is 15.9 Å². The summed E-state index contributed by atoms with van der Waals surface area (Å²) in [5.41, 5.74) is 2.32. The molecule has 3 rings (SSSR count). The highest BCUT2D eigenvalue weighted by molar-refractivity contribution is 9.10. The van der Waals surface area contributed by atoms with Gasteiger partial charge in [-0.3, -0.25) is 9.59 Å². The van der Waals surface area contributed by atoms with Gasteiger partial charge in [-0.05, 0) is 29.8 Å². The first-order chi connectivity index (χ1) is 10.6.